The molecule has 0 spiro atoms. The third-order valence-electron chi connectivity index (χ3n) is 5.91. The number of nitrogens with one attached hydrogen (secondary N) is 1. The van der Waals surface area contributed by atoms with Crippen LogP contribution in [-0.2, 0) is 22.9 Å². The van der Waals surface area contributed by atoms with Crippen molar-refractivity contribution < 1.29 is 33.1 Å². The average Bonchev–Trinajstić information content (AvgIpc) is 3.32. The van der Waals surface area contributed by atoms with E-state index in [0.717, 1.165) is 0 Å². The highest BCUT2D eigenvalue weighted by molar-refractivity contribution is 7.48. The van der Waals surface area contributed by atoms with Gasteiger partial charge in [-0.2, -0.15) is 4.98 Å². The summed E-state index contributed by atoms with van der Waals surface area (Å²) in [6.45, 7) is 1.11. The normalized spacial score (nSPS) is 34.0. The van der Waals surface area contributed by atoms with Crippen LogP contribution in [0.3, 0.4) is 0 Å². The van der Waals surface area contributed by atoms with Crippen molar-refractivity contribution in [3.05, 3.63) is 52.7 Å². The second-order valence-corrected chi connectivity index (χ2v) is 9.94. The van der Waals surface area contributed by atoms with E-state index in [4.69, 9.17) is 24.0 Å². The van der Waals surface area contributed by atoms with E-state index in [0.29, 0.717) is 12.1 Å². The fraction of sp³-hybridized carbons (Fsp3) is 0.450. The van der Waals surface area contributed by atoms with Crippen molar-refractivity contribution in [1.29, 1.82) is 0 Å². The smallest absolute Gasteiger partial charge is 0.387 e. The van der Waals surface area contributed by atoms with Crippen LogP contribution in [0.15, 0.2) is 41.5 Å². The number of hydrogen-bond acceptors (Lipinski definition) is 11. The molecule has 0 amide bonds. The maximum absolute atomic E-state index is 13.0. The van der Waals surface area contributed by atoms with Crippen molar-refractivity contribution in [2.45, 2.75) is 43.5 Å². The number of pyridine rings is 1. The summed E-state index contributed by atoms with van der Waals surface area (Å²) in [6.07, 6.45) is -0.702. The number of H-pyrrole nitrogens is 1. The van der Waals surface area contributed by atoms with Gasteiger partial charge in [0.1, 0.15) is 23.9 Å². The summed E-state index contributed by atoms with van der Waals surface area (Å²) in [4.78, 5) is 22.9. The summed E-state index contributed by atoms with van der Waals surface area (Å²) in [5.74, 6) is -0.109. The van der Waals surface area contributed by atoms with Crippen LogP contribution in [0.5, 0.6) is 0 Å². The van der Waals surface area contributed by atoms with Crippen LogP contribution >= 0.6 is 7.82 Å². The SMILES string of the molecule is C[C@@]1(O)[C@H](O)[C@@H](COP2(=O)OCC[C@@H](c3ccccn3)O2)O[C@H]1n1ccc2c(=O)[nH]c(N)nc21. The molecule has 0 radical (unpaired) electrons. The van der Waals surface area contributed by atoms with E-state index < -0.39 is 50.1 Å². The van der Waals surface area contributed by atoms with Gasteiger partial charge in [0, 0.05) is 18.8 Å². The molecule has 182 valence electrons. The van der Waals surface area contributed by atoms with Gasteiger partial charge in [0.25, 0.3) is 5.56 Å². The number of aromatic nitrogens is 4. The number of nitrogens with zero attached hydrogens (tertiary/aromatic N) is 3. The third-order valence-corrected chi connectivity index (χ3v) is 7.38. The van der Waals surface area contributed by atoms with Gasteiger partial charge in [-0.15, -0.1) is 0 Å². The first-order chi connectivity index (χ1) is 16.2. The number of nitrogen functional groups attached to an aromatic ring is 1. The van der Waals surface area contributed by atoms with Gasteiger partial charge in [0.15, 0.2) is 11.9 Å². The van der Waals surface area contributed by atoms with Gasteiger partial charge in [-0.05, 0) is 25.1 Å². The molecule has 5 N–H and O–H groups in total. The Hall–Kier alpha value is -2.64. The van der Waals surface area contributed by atoms with Crippen molar-refractivity contribution >= 4 is 24.8 Å². The monoisotopic (exact) mass is 493 g/mol. The Labute approximate surface area is 193 Å². The van der Waals surface area contributed by atoms with Crippen LogP contribution < -0.4 is 11.3 Å². The number of aliphatic hydroxyl groups excluding tert-OH is 1. The third kappa shape index (κ3) is 4.05. The van der Waals surface area contributed by atoms with Crippen LogP contribution in [0.1, 0.15) is 31.4 Å². The van der Waals surface area contributed by atoms with E-state index in [2.05, 4.69) is 15.0 Å². The lowest BCUT2D eigenvalue weighted by Gasteiger charge is -2.29. The molecular weight excluding hydrogens is 469 g/mol. The lowest BCUT2D eigenvalue weighted by molar-refractivity contribution is -0.0951. The fourth-order valence-electron chi connectivity index (χ4n) is 4.14. The predicted octanol–water partition coefficient (Wildman–Crippen LogP) is 1.01. The molecule has 5 heterocycles. The van der Waals surface area contributed by atoms with E-state index in [1.165, 1.54) is 23.8 Å². The molecule has 2 fully saturated rings. The van der Waals surface area contributed by atoms with Crippen molar-refractivity contribution in [2.24, 2.45) is 0 Å². The van der Waals surface area contributed by atoms with Crippen molar-refractivity contribution in [1.82, 2.24) is 19.5 Å². The Bertz CT molecular complexity index is 1300. The zero-order valence-electron chi connectivity index (χ0n) is 18.1. The van der Waals surface area contributed by atoms with E-state index in [1.807, 2.05) is 0 Å². The molecule has 2 aliphatic rings. The summed E-state index contributed by atoms with van der Waals surface area (Å²) in [6, 6.07) is 6.79. The van der Waals surface area contributed by atoms with Gasteiger partial charge >= 0.3 is 7.82 Å². The zero-order valence-corrected chi connectivity index (χ0v) is 19.0. The molecule has 0 aromatic carbocycles. The number of phosphoric acid groups is 1. The zero-order chi connectivity index (χ0) is 24.1. The van der Waals surface area contributed by atoms with Gasteiger partial charge in [-0.1, -0.05) is 6.07 Å². The van der Waals surface area contributed by atoms with E-state index in [1.54, 1.807) is 24.4 Å². The molecule has 5 rings (SSSR count). The van der Waals surface area contributed by atoms with Gasteiger partial charge in [-0.25, -0.2) is 4.57 Å². The minimum absolute atomic E-state index is 0.109. The molecule has 6 atom stereocenters. The quantitative estimate of drug-likeness (QED) is 0.372. The lowest BCUT2D eigenvalue weighted by atomic mass is 9.96. The minimum Gasteiger partial charge on any atom is -0.387 e. The molecule has 2 aliphatic heterocycles. The molecule has 1 unspecified atom stereocenters. The van der Waals surface area contributed by atoms with Crippen molar-refractivity contribution in [3.8, 4) is 0 Å². The largest absolute Gasteiger partial charge is 0.475 e. The second kappa shape index (κ2) is 8.54. The number of anilines is 1. The first kappa shape index (κ1) is 23.1. The molecule has 34 heavy (non-hydrogen) atoms. The number of ether oxygens (including phenoxy) is 1. The van der Waals surface area contributed by atoms with E-state index >= 15 is 0 Å². The number of aromatic amines is 1. The molecule has 3 aromatic rings. The van der Waals surface area contributed by atoms with Crippen molar-refractivity contribution in [3.63, 3.8) is 0 Å². The molecule has 0 aliphatic carbocycles. The molecular formula is C20H24N5O8P. The summed E-state index contributed by atoms with van der Waals surface area (Å²) in [5.41, 5.74) is 4.16. The summed E-state index contributed by atoms with van der Waals surface area (Å²) >= 11 is 0. The van der Waals surface area contributed by atoms with Gasteiger partial charge in [0.2, 0.25) is 5.95 Å². The molecule has 14 heteroatoms. The van der Waals surface area contributed by atoms with Crippen LogP contribution in [0.4, 0.5) is 5.95 Å². The van der Waals surface area contributed by atoms with E-state index in [-0.39, 0.29) is 23.6 Å². The number of rotatable bonds is 5. The fourth-order valence-corrected chi connectivity index (χ4v) is 5.52. The average molecular weight is 493 g/mol. The lowest BCUT2D eigenvalue weighted by Crippen LogP contribution is -2.44. The summed E-state index contributed by atoms with van der Waals surface area (Å²) in [7, 11) is -3.98. The highest BCUT2D eigenvalue weighted by atomic mass is 31.2. The number of nitrogens with two attached hydrogens (primary N) is 1. The van der Waals surface area contributed by atoms with E-state index in [9.17, 15) is 19.6 Å². The number of hydrogen-bond donors (Lipinski definition) is 4. The van der Waals surface area contributed by atoms with Crippen LogP contribution in [0, 0.1) is 0 Å². The Morgan fingerprint density at radius 3 is 3.00 bits per heavy atom. The maximum atomic E-state index is 13.0. The number of phosphoric ester groups is 1. The van der Waals surface area contributed by atoms with Crippen molar-refractivity contribution in [2.75, 3.05) is 18.9 Å². The molecule has 3 aromatic heterocycles. The number of fused-ring (bicyclic) bond motifs is 1. The number of aliphatic hydroxyl groups is 2. The van der Waals surface area contributed by atoms with Gasteiger partial charge < -0.3 is 25.3 Å². The van der Waals surface area contributed by atoms with Gasteiger partial charge in [0.05, 0.1) is 24.3 Å². The molecule has 0 bridgehead atoms. The van der Waals surface area contributed by atoms with Crippen LogP contribution in [0.2, 0.25) is 0 Å². The first-order valence-electron chi connectivity index (χ1n) is 10.6. The Morgan fingerprint density at radius 1 is 1.41 bits per heavy atom. The Kier molecular flexibility index (Phi) is 5.81. The van der Waals surface area contributed by atoms with Gasteiger partial charge in [-0.3, -0.25) is 28.3 Å². The summed E-state index contributed by atoms with van der Waals surface area (Å²) < 4.78 is 36.6. The molecule has 0 saturated carbocycles. The highest BCUT2D eigenvalue weighted by Crippen LogP contribution is 2.57. The first-order valence-corrected chi connectivity index (χ1v) is 12.0. The standard InChI is InChI=1S/C20H24N5O8P/c1-20(28)15(26)14(32-18(20)25-8-5-11-16(25)23-19(21)24-17(11)27)10-31-34(29)30-9-6-13(33-34)12-4-2-3-7-22-12/h2-5,7-8,13-15,18,26,28H,6,9-10H2,1H3,(H3,21,23,24,27)/t13-,14+,15+,18+,20+,34?/m0/s1. The van der Waals surface area contributed by atoms with Crippen LogP contribution in [-0.4, -0.2) is 60.8 Å². The highest BCUT2D eigenvalue weighted by Gasteiger charge is 2.54. The minimum atomic E-state index is -3.98. The Morgan fingerprint density at radius 2 is 2.24 bits per heavy atom. The predicted molar refractivity (Wildman–Crippen MR) is 117 cm³/mol. The molecule has 13 nitrogen and oxygen atoms in total. The molecule has 2 saturated heterocycles. The second-order valence-electron chi connectivity index (χ2n) is 8.32. The Balaban J connectivity index is 1.33. The van der Waals surface area contributed by atoms with Crippen LogP contribution in [0.25, 0.3) is 11.0 Å². The topological polar surface area (TPSA) is 184 Å². The maximum Gasteiger partial charge on any atom is 0.475 e. The summed E-state index contributed by atoms with van der Waals surface area (Å²) in [5, 5.41) is 22.0.